The largest absolute Gasteiger partial charge is 0.394 e. The van der Waals surface area contributed by atoms with Gasteiger partial charge in [0.15, 0.2) is 0 Å². The van der Waals surface area contributed by atoms with Gasteiger partial charge in [0.1, 0.15) is 5.69 Å². The number of amides is 1. The monoisotopic (exact) mass is 298 g/mol. The van der Waals surface area contributed by atoms with Crippen LogP contribution in [-0.2, 0) is 6.54 Å². The number of hydrogen-bond donors (Lipinski definition) is 2. The number of nitrogens with zero attached hydrogens (tertiary/aromatic N) is 1. The number of aliphatic hydroxyl groups excluding tert-OH is 1. The average Bonchev–Trinajstić information content (AvgIpc) is 2.81. The Morgan fingerprint density at radius 2 is 2.15 bits per heavy atom. The molecule has 1 aromatic heterocycles. The van der Waals surface area contributed by atoms with Crippen LogP contribution in [0.3, 0.4) is 0 Å². The van der Waals surface area contributed by atoms with Gasteiger partial charge in [-0.3, -0.25) is 4.79 Å². The maximum absolute atomic E-state index is 12.5. The third kappa shape index (κ3) is 3.36. The highest BCUT2D eigenvalue weighted by Crippen LogP contribution is 2.28. The quantitative estimate of drug-likeness (QED) is 0.878. The highest BCUT2D eigenvalue weighted by Gasteiger charge is 2.33. The lowest BCUT2D eigenvalue weighted by Gasteiger charge is -2.36. The minimum atomic E-state index is -0.455. The molecule has 1 aliphatic rings. The molecule has 0 unspecified atom stereocenters. The lowest BCUT2D eigenvalue weighted by Crippen LogP contribution is -2.52. The van der Waals surface area contributed by atoms with Crippen molar-refractivity contribution in [2.45, 2.75) is 57.5 Å². The fraction of sp³-hybridized carbons (Fsp3) is 0.667. The van der Waals surface area contributed by atoms with E-state index >= 15 is 0 Å². The standard InChI is InChI=1S/C15H23ClN2O2/c1-2-8-18-10-12(16)9-13(18)14(20)17-15(11-19)6-4-3-5-7-15/h9-10,19H,2-8,11H2,1H3,(H,17,20). The van der Waals surface area contributed by atoms with E-state index < -0.39 is 5.54 Å². The number of carbonyl (C=O) groups excluding carboxylic acids is 1. The molecule has 1 amide bonds. The fourth-order valence-corrected chi connectivity index (χ4v) is 3.17. The van der Waals surface area contributed by atoms with Crippen LogP contribution < -0.4 is 5.32 Å². The molecule has 2 rings (SSSR count). The second-order valence-corrected chi connectivity index (χ2v) is 6.13. The summed E-state index contributed by atoms with van der Waals surface area (Å²) < 4.78 is 1.88. The lowest BCUT2D eigenvalue weighted by atomic mass is 9.82. The normalized spacial score (nSPS) is 17.9. The van der Waals surface area contributed by atoms with Crippen molar-refractivity contribution < 1.29 is 9.90 Å². The van der Waals surface area contributed by atoms with Crippen LogP contribution in [0.4, 0.5) is 0 Å². The minimum Gasteiger partial charge on any atom is -0.394 e. The van der Waals surface area contributed by atoms with E-state index in [0.29, 0.717) is 10.7 Å². The Bertz CT molecular complexity index is 464. The van der Waals surface area contributed by atoms with Gasteiger partial charge < -0.3 is 15.0 Å². The molecule has 0 aromatic carbocycles. The summed E-state index contributed by atoms with van der Waals surface area (Å²) in [5.41, 5.74) is 0.124. The summed E-state index contributed by atoms with van der Waals surface area (Å²) in [7, 11) is 0. The molecule has 1 heterocycles. The molecule has 1 saturated carbocycles. The SMILES string of the molecule is CCCn1cc(Cl)cc1C(=O)NC1(CO)CCCCC1. The zero-order chi connectivity index (χ0) is 14.6. The number of halogens is 1. The van der Waals surface area contributed by atoms with Crippen LogP contribution in [0, 0.1) is 0 Å². The Balaban J connectivity index is 2.14. The van der Waals surface area contributed by atoms with Crippen molar-refractivity contribution >= 4 is 17.5 Å². The molecule has 0 bridgehead atoms. The molecule has 1 fully saturated rings. The Hall–Kier alpha value is -1.00. The molecule has 0 aliphatic heterocycles. The topological polar surface area (TPSA) is 54.3 Å². The minimum absolute atomic E-state index is 0.000951. The van der Waals surface area contributed by atoms with Crippen molar-refractivity contribution in [1.29, 1.82) is 0 Å². The number of aryl methyl sites for hydroxylation is 1. The Morgan fingerprint density at radius 1 is 1.45 bits per heavy atom. The van der Waals surface area contributed by atoms with Gasteiger partial charge in [0.05, 0.1) is 17.2 Å². The van der Waals surface area contributed by atoms with Crippen LogP contribution in [0.1, 0.15) is 55.9 Å². The number of aromatic nitrogens is 1. The van der Waals surface area contributed by atoms with Gasteiger partial charge >= 0.3 is 0 Å². The van der Waals surface area contributed by atoms with Gasteiger partial charge in [-0.25, -0.2) is 0 Å². The van der Waals surface area contributed by atoms with E-state index in [1.165, 1.54) is 6.42 Å². The molecule has 20 heavy (non-hydrogen) atoms. The molecule has 4 nitrogen and oxygen atoms in total. The van der Waals surface area contributed by atoms with E-state index in [0.717, 1.165) is 38.6 Å². The van der Waals surface area contributed by atoms with E-state index in [-0.39, 0.29) is 12.5 Å². The predicted molar refractivity (Wildman–Crippen MR) is 80.1 cm³/mol. The van der Waals surface area contributed by atoms with Crippen LogP contribution in [0.15, 0.2) is 12.3 Å². The summed E-state index contributed by atoms with van der Waals surface area (Å²) in [6, 6.07) is 1.69. The predicted octanol–water partition coefficient (Wildman–Crippen LogP) is 2.98. The van der Waals surface area contributed by atoms with E-state index in [1.807, 2.05) is 4.57 Å². The van der Waals surface area contributed by atoms with Crippen LogP contribution in [0.5, 0.6) is 0 Å². The number of nitrogens with one attached hydrogen (secondary N) is 1. The number of hydrogen-bond acceptors (Lipinski definition) is 2. The van der Waals surface area contributed by atoms with Crippen LogP contribution in [-0.4, -0.2) is 27.7 Å². The molecule has 112 valence electrons. The molecule has 1 aromatic rings. The molecule has 5 heteroatoms. The van der Waals surface area contributed by atoms with Crippen molar-refractivity contribution in [3.05, 3.63) is 23.0 Å². The van der Waals surface area contributed by atoms with Crippen molar-refractivity contribution in [2.75, 3.05) is 6.61 Å². The molecule has 0 spiro atoms. The van der Waals surface area contributed by atoms with E-state index in [9.17, 15) is 9.90 Å². The molecule has 0 radical (unpaired) electrons. The average molecular weight is 299 g/mol. The van der Waals surface area contributed by atoms with E-state index in [2.05, 4.69) is 12.2 Å². The summed E-state index contributed by atoms with van der Waals surface area (Å²) in [4.78, 5) is 12.5. The van der Waals surface area contributed by atoms with Crippen molar-refractivity contribution in [3.63, 3.8) is 0 Å². The van der Waals surface area contributed by atoms with Crippen molar-refractivity contribution in [1.82, 2.24) is 9.88 Å². The first-order valence-corrected chi connectivity index (χ1v) is 7.77. The first kappa shape index (κ1) is 15.4. The van der Waals surface area contributed by atoms with Gasteiger partial charge in [-0.1, -0.05) is 37.8 Å². The van der Waals surface area contributed by atoms with Crippen molar-refractivity contribution in [3.8, 4) is 0 Å². The second-order valence-electron chi connectivity index (χ2n) is 5.69. The number of rotatable bonds is 5. The Labute approximate surface area is 125 Å². The summed E-state index contributed by atoms with van der Waals surface area (Å²) >= 11 is 6.01. The Morgan fingerprint density at radius 3 is 2.75 bits per heavy atom. The first-order chi connectivity index (χ1) is 9.60. The van der Waals surface area contributed by atoms with E-state index in [4.69, 9.17) is 11.6 Å². The van der Waals surface area contributed by atoms with Gasteiger partial charge in [0, 0.05) is 12.7 Å². The molecule has 1 aliphatic carbocycles. The number of aliphatic hydroxyl groups is 1. The maximum Gasteiger partial charge on any atom is 0.268 e. The van der Waals surface area contributed by atoms with Gasteiger partial charge in [-0.05, 0) is 25.3 Å². The van der Waals surface area contributed by atoms with Gasteiger partial charge in [0.25, 0.3) is 5.91 Å². The summed E-state index contributed by atoms with van der Waals surface area (Å²) in [6.45, 7) is 2.83. The lowest BCUT2D eigenvalue weighted by molar-refractivity contribution is 0.0750. The summed E-state index contributed by atoms with van der Waals surface area (Å²) in [5.74, 6) is -0.138. The highest BCUT2D eigenvalue weighted by molar-refractivity contribution is 6.31. The number of carbonyl (C=O) groups is 1. The summed E-state index contributed by atoms with van der Waals surface area (Å²) in [5, 5.41) is 13.3. The zero-order valence-corrected chi connectivity index (χ0v) is 12.7. The first-order valence-electron chi connectivity index (χ1n) is 7.39. The van der Waals surface area contributed by atoms with Gasteiger partial charge in [-0.2, -0.15) is 0 Å². The smallest absolute Gasteiger partial charge is 0.268 e. The van der Waals surface area contributed by atoms with Gasteiger partial charge in [0.2, 0.25) is 0 Å². The van der Waals surface area contributed by atoms with Gasteiger partial charge in [-0.15, -0.1) is 0 Å². The van der Waals surface area contributed by atoms with E-state index in [1.54, 1.807) is 12.3 Å². The zero-order valence-electron chi connectivity index (χ0n) is 12.0. The molecule has 2 N–H and O–H groups in total. The molecule has 0 atom stereocenters. The summed E-state index contributed by atoms with van der Waals surface area (Å²) in [6.07, 6.45) is 7.70. The maximum atomic E-state index is 12.5. The fourth-order valence-electron chi connectivity index (χ4n) is 2.95. The molecular formula is C15H23ClN2O2. The second kappa shape index (κ2) is 6.64. The third-order valence-corrected chi connectivity index (χ3v) is 4.26. The Kier molecular flexibility index (Phi) is 5.11. The molecule has 0 saturated heterocycles. The third-order valence-electron chi connectivity index (χ3n) is 4.05. The van der Waals surface area contributed by atoms with Crippen LogP contribution in [0.2, 0.25) is 5.02 Å². The van der Waals surface area contributed by atoms with Crippen molar-refractivity contribution in [2.24, 2.45) is 0 Å². The van der Waals surface area contributed by atoms with Crippen LogP contribution >= 0.6 is 11.6 Å². The highest BCUT2D eigenvalue weighted by atomic mass is 35.5. The molecular weight excluding hydrogens is 276 g/mol. The van der Waals surface area contributed by atoms with Crippen LogP contribution in [0.25, 0.3) is 0 Å².